The van der Waals surface area contributed by atoms with Gasteiger partial charge in [0.15, 0.2) is 5.11 Å². The SMILES string of the molecule is CC1=C(c2nc(-c3cccs3)no2)C(c2cccc(F)c2)NC(=S)N1Cc1ccccc1. The number of hydrogen-bond donors (Lipinski definition) is 1. The van der Waals surface area contributed by atoms with Crippen molar-refractivity contribution < 1.29 is 8.91 Å². The Balaban J connectivity index is 1.61. The van der Waals surface area contributed by atoms with E-state index in [1.807, 2.05) is 53.6 Å². The second-order valence-corrected chi connectivity index (χ2v) is 8.74. The zero-order valence-corrected chi connectivity index (χ0v) is 18.8. The van der Waals surface area contributed by atoms with Crippen LogP contribution in [0.25, 0.3) is 16.3 Å². The number of halogens is 1. The molecule has 1 atom stereocenters. The number of aromatic nitrogens is 2. The van der Waals surface area contributed by atoms with E-state index in [9.17, 15) is 4.39 Å². The van der Waals surface area contributed by atoms with Crippen LogP contribution in [0, 0.1) is 5.82 Å². The van der Waals surface area contributed by atoms with Crippen molar-refractivity contribution in [3.63, 3.8) is 0 Å². The number of benzene rings is 2. The Hall–Kier alpha value is -3.36. The van der Waals surface area contributed by atoms with Crippen molar-refractivity contribution >= 4 is 34.2 Å². The van der Waals surface area contributed by atoms with Crippen LogP contribution in [0.5, 0.6) is 0 Å². The molecule has 1 aliphatic rings. The summed E-state index contributed by atoms with van der Waals surface area (Å²) in [6.07, 6.45) is 0. The van der Waals surface area contributed by atoms with E-state index >= 15 is 0 Å². The summed E-state index contributed by atoms with van der Waals surface area (Å²) in [7, 11) is 0. The largest absolute Gasteiger partial charge is 0.351 e. The van der Waals surface area contributed by atoms with E-state index in [0.717, 1.165) is 27.3 Å². The Morgan fingerprint density at radius 1 is 1.12 bits per heavy atom. The molecule has 0 amide bonds. The fourth-order valence-electron chi connectivity index (χ4n) is 3.79. The Kier molecular flexibility index (Phi) is 5.55. The monoisotopic (exact) mass is 462 g/mol. The molecule has 0 saturated heterocycles. The Morgan fingerprint density at radius 2 is 1.97 bits per heavy atom. The van der Waals surface area contributed by atoms with Gasteiger partial charge >= 0.3 is 0 Å². The average molecular weight is 463 g/mol. The van der Waals surface area contributed by atoms with Crippen molar-refractivity contribution in [2.45, 2.75) is 19.5 Å². The molecule has 0 radical (unpaired) electrons. The van der Waals surface area contributed by atoms with E-state index in [4.69, 9.17) is 16.7 Å². The lowest BCUT2D eigenvalue weighted by Gasteiger charge is -2.37. The maximum atomic E-state index is 14.1. The minimum absolute atomic E-state index is 0.316. The highest BCUT2D eigenvalue weighted by Crippen LogP contribution is 2.38. The molecule has 0 spiro atoms. The average Bonchev–Trinajstić information content (AvgIpc) is 3.49. The lowest BCUT2D eigenvalue weighted by Crippen LogP contribution is -2.45. The number of thiophene rings is 1. The molecular formula is C24H19FN4OS2. The van der Waals surface area contributed by atoms with Crippen molar-refractivity contribution in [1.29, 1.82) is 0 Å². The van der Waals surface area contributed by atoms with E-state index in [-0.39, 0.29) is 5.82 Å². The molecule has 0 fully saturated rings. The summed E-state index contributed by atoms with van der Waals surface area (Å²) in [6.45, 7) is 2.57. The van der Waals surface area contributed by atoms with Gasteiger partial charge in [-0.05, 0) is 53.8 Å². The van der Waals surface area contributed by atoms with Crippen LogP contribution in [0.3, 0.4) is 0 Å². The molecule has 1 aliphatic heterocycles. The summed E-state index contributed by atoms with van der Waals surface area (Å²) in [5.74, 6) is 0.591. The van der Waals surface area contributed by atoms with Crippen LogP contribution in [0.2, 0.25) is 0 Å². The molecule has 32 heavy (non-hydrogen) atoms. The lowest BCUT2D eigenvalue weighted by atomic mass is 9.94. The van der Waals surface area contributed by atoms with E-state index in [2.05, 4.69) is 27.6 Å². The van der Waals surface area contributed by atoms with Gasteiger partial charge in [0, 0.05) is 12.2 Å². The molecule has 8 heteroatoms. The molecule has 2 aromatic heterocycles. The topological polar surface area (TPSA) is 54.2 Å². The van der Waals surface area contributed by atoms with Crippen LogP contribution in [0.1, 0.15) is 30.0 Å². The van der Waals surface area contributed by atoms with Crippen LogP contribution < -0.4 is 5.32 Å². The van der Waals surface area contributed by atoms with E-state index in [0.29, 0.717) is 23.4 Å². The number of nitrogens with one attached hydrogen (secondary N) is 1. The molecule has 0 aliphatic carbocycles. The van der Waals surface area contributed by atoms with Gasteiger partial charge in [0.25, 0.3) is 5.89 Å². The molecule has 1 unspecified atom stereocenters. The van der Waals surface area contributed by atoms with Gasteiger partial charge in [-0.2, -0.15) is 4.98 Å². The lowest BCUT2D eigenvalue weighted by molar-refractivity contribution is 0.396. The fraction of sp³-hybridized carbons (Fsp3) is 0.125. The van der Waals surface area contributed by atoms with Crippen molar-refractivity contribution in [3.8, 4) is 10.7 Å². The smallest absolute Gasteiger partial charge is 0.258 e. The van der Waals surface area contributed by atoms with E-state index < -0.39 is 6.04 Å². The van der Waals surface area contributed by atoms with Crippen molar-refractivity contribution in [3.05, 3.63) is 101 Å². The number of thiocarbonyl (C=S) groups is 1. The van der Waals surface area contributed by atoms with Crippen LogP contribution in [-0.2, 0) is 6.54 Å². The summed E-state index contributed by atoms with van der Waals surface area (Å²) in [5.41, 5.74) is 3.50. The highest BCUT2D eigenvalue weighted by molar-refractivity contribution is 7.80. The highest BCUT2D eigenvalue weighted by atomic mass is 32.1. The fourth-order valence-corrected chi connectivity index (χ4v) is 4.76. The predicted octanol–water partition coefficient (Wildman–Crippen LogP) is 5.80. The van der Waals surface area contributed by atoms with E-state index in [1.165, 1.54) is 12.1 Å². The number of nitrogens with zero attached hydrogens (tertiary/aromatic N) is 3. The summed E-state index contributed by atoms with van der Waals surface area (Å²) in [6, 6.07) is 20.0. The second kappa shape index (κ2) is 8.64. The minimum Gasteiger partial charge on any atom is -0.351 e. The highest BCUT2D eigenvalue weighted by Gasteiger charge is 2.34. The van der Waals surface area contributed by atoms with E-state index in [1.54, 1.807) is 17.4 Å². The summed E-state index contributed by atoms with van der Waals surface area (Å²) in [5, 5.41) is 10.1. The van der Waals surface area contributed by atoms with Gasteiger partial charge in [-0.15, -0.1) is 11.3 Å². The summed E-state index contributed by atoms with van der Waals surface area (Å²) < 4.78 is 19.8. The normalized spacial score (nSPS) is 16.4. The summed E-state index contributed by atoms with van der Waals surface area (Å²) >= 11 is 7.25. The molecule has 4 aromatic rings. The third kappa shape index (κ3) is 3.94. The molecule has 5 nitrogen and oxygen atoms in total. The van der Waals surface area contributed by atoms with Crippen molar-refractivity contribution in [2.24, 2.45) is 0 Å². The molecule has 5 rings (SSSR count). The number of allylic oxidation sites excluding steroid dienone is 1. The molecule has 1 N–H and O–H groups in total. The minimum atomic E-state index is -0.415. The third-order valence-electron chi connectivity index (χ3n) is 5.36. The molecular weight excluding hydrogens is 443 g/mol. The van der Waals surface area contributed by atoms with Gasteiger partial charge in [0.1, 0.15) is 5.82 Å². The first-order chi connectivity index (χ1) is 15.6. The number of hydrogen-bond acceptors (Lipinski definition) is 5. The van der Waals surface area contributed by atoms with Crippen LogP contribution in [-0.4, -0.2) is 20.2 Å². The van der Waals surface area contributed by atoms with Gasteiger partial charge in [-0.1, -0.05) is 53.7 Å². The molecule has 2 aromatic carbocycles. The van der Waals surface area contributed by atoms with Crippen molar-refractivity contribution in [1.82, 2.24) is 20.4 Å². The molecule has 0 saturated carbocycles. The second-order valence-electron chi connectivity index (χ2n) is 7.41. The standard InChI is InChI=1S/C24H19FN4OS2/c1-15-20(23-27-22(28-30-23)19-11-6-12-32-19)21(17-9-5-10-18(25)13-17)26-24(31)29(15)14-16-7-3-2-4-8-16/h2-13,21H,14H2,1H3,(H,26,31). The third-order valence-corrected chi connectivity index (χ3v) is 6.56. The summed E-state index contributed by atoms with van der Waals surface area (Å²) in [4.78, 5) is 7.58. The van der Waals surface area contributed by atoms with Crippen LogP contribution in [0.4, 0.5) is 4.39 Å². The molecule has 3 heterocycles. The first-order valence-electron chi connectivity index (χ1n) is 10.1. The molecule has 160 valence electrons. The first kappa shape index (κ1) is 20.5. The van der Waals surface area contributed by atoms with Crippen LogP contribution >= 0.6 is 23.6 Å². The Bertz CT molecular complexity index is 1280. The maximum absolute atomic E-state index is 14.1. The zero-order valence-electron chi connectivity index (χ0n) is 17.2. The van der Waals surface area contributed by atoms with Gasteiger partial charge in [-0.25, -0.2) is 4.39 Å². The number of rotatable bonds is 5. The van der Waals surface area contributed by atoms with Crippen LogP contribution in [0.15, 0.2) is 82.3 Å². The zero-order chi connectivity index (χ0) is 22.1. The predicted molar refractivity (Wildman–Crippen MR) is 127 cm³/mol. The Morgan fingerprint density at radius 3 is 2.72 bits per heavy atom. The Labute approximate surface area is 194 Å². The van der Waals surface area contributed by atoms with Gasteiger partial charge in [-0.3, -0.25) is 0 Å². The van der Waals surface area contributed by atoms with Gasteiger partial charge < -0.3 is 14.7 Å². The first-order valence-corrected chi connectivity index (χ1v) is 11.3. The van der Waals surface area contributed by atoms with Gasteiger partial charge in [0.05, 0.1) is 16.5 Å². The molecule has 0 bridgehead atoms. The van der Waals surface area contributed by atoms with Gasteiger partial charge in [0.2, 0.25) is 5.82 Å². The maximum Gasteiger partial charge on any atom is 0.258 e. The van der Waals surface area contributed by atoms with Crippen molar-refractivity contribution in [2.75, 3.05) is 0 Å². The quantitative estimate of drug-likeness (QED) is 0.378.